The van der Waals surface area contributed by atoms with Gasteiger partial charge in [0.15, 0.2) is 0 Å². The van der Waals surface area contributed by atoms with Gasteiger partial charge in [0.1, 0.15) is 5.54 Å². The molecule has 108 valence electrons. The molecule has 2 amide bonds. The second-order valence-corrected chi connectivity index (χ2v) is 5.49. The number of hydrogen-bond donors (Lipinski definition) is 2. The summed E-state index contributed by atoms with van der Waals surface area (Å²) in [4.78, 5) is 24.0. The molecule has 4 nitrogen and oxygen atoms in total. The van der Waals surface area contributed by atoms with E-state index in [-0.39, 0.29) is 23.7 Å². The number of carbonyl (C=O) groups is 2. The minimum absolute atomic E-state index is 0.0481. The maximum absolute atomic E-state index is 12.5. The van der Waals surface area contributed by atoms with E-state index in [1.54, 1.807) is 0 Å². The lowest BCUT2D eigenvalue weighted by atomic mass is 9.83. The molecule has 0 bridgehead atoms. The molecule has 4 heteroatoms. The summed E-state index contributed by atoms with van der Waals surface area (Å²) in [6.07, 6.45) is 5.47. The van der Waals surface area contributed by atoms with Gasteiger partial charge in [0, 0.05) is 13.5 Å². The van der Waals surface area contributed by atoms with Crippen LogP contribution in [0.4, 0.5) is 0 Å². The molecule has 1 unspecified atom stereocenters. The van der Waals surface area contributed by atoms with Crippen LogP contribution in [0.1, 0.15) is 46.5 Å². The van der Waals surface area contributed by atoms with Gasteiger partial charge in [-0.25, -0.2) is 0 Å². The van der Waals surface area contributed by atoms with Crippen LogP contribution in [-0.4, -0.2) is 23.9 Å². The number of carbonyl (C=O) groups excluding carboxylic acids is 2. The molecule has 1 aliphatic carbocycles. The van der Waals surface area contributed by atoms with Gasteiger partial charge in [0.2, 0.25) is 11.8 Å². The van der Waals surface area contributed by atoms with E-state index in [2.05, 4.69) is 24.1 Å². The predicted octanol–water partition coefficient (Wildman–Crippen LogP) is 2.01. The summed E-state index contributed by atoms with van der Waals surface area (Å²) in [5, 5.41) is 5.86. The number of rotatable bonds is 6. The number of hydrogen-bond acceptors (Lipinski definition) is 2. The second-order valence-electron chi connectivity index (χ2n) is 5.49. The van der Waals surface area contributed by atoms with E-state index in [1.165, 1.54) is 6.92 Å². The van der Waals surface area contributed by atoms with Gasteiger partial charge in [0.25, 0.3) is 0 Å². The zero-order chi connectivity index (χ0) is 14.5. The highest BCUT2D eigenvalue weighted by atomic mass is 16.2. The van der Waals surface area contributed by atoms with Gasteiger partial charge in [0.05, 0.1) is 0 Å². The van der Waals surface area contributed by atoms with E-state index >= 15 is 0 Å². The fourth-order valence-electron chi connectivity index (χ4n) is 2.96. The molecule has 0 aromatic rings. The van der Waals surface area contributed by atoms with Gasteiger partial charge in [-0.2, -0.15) is 0 Å². The zero-order valence-corrected chi connectivity index (χ0v) is 12.3. The van der Waals surface area contributed by atoms with Crippen molar-refractivity contribution in [1.82, 2.24) is 10.6 Å². The highest BCUT2D eigenvalue weighted by molar-refractivity contribution is 5.91. The summed E-state index contributed by atoms with van der Waals surface area (Å²) in [7, 11) is 0. The summed E-state index contributed by atoms with van der Waals surface area (Å²) < 4.78 is 0. The molecular weight excluding hydrogens is 240 g/mol. The Morgan fingerprint density at radius 2 is 2.16 bits per heavy atom. The average molecular weight is 266 g/mol. The van der Waals surface area contributed by atoms with E-state index in [0.29, 0.717) is 13.0 Å². The van der Waals surface area contributed by atoms with Crippen molar-refractivity contribution in [3.8, 4) is 0 Å². The van der Waals surface area contributed by atoms with E-state index < -0.39 is 5.54 Å². The van der Waals surface area contributed by atoms with Gasteiger partial charge < -0.3 is 10.6 Å². The molecule has 2 N–H and O–H groups in total. The van der Waals surface area contributed by atoms with Crippen molar-refractivity contribution in [2.24, 2.45) is 11.8 Å². The first kappa shape index (κ1) is 15.7. The lowest BCUT2D eigenvalue weighted by Gasteiger charge is -2.34. The monoisotopic (exact) mass is 266 g/mol. The average Bonchev–Trinajstić information content (AvgIpc) is 2.67. The van der Waals surface area contributed by atoms with Crippen LogP contribution in [0.15, 0.2) is 12.7 Å². The maximum Gasteiger partial charge on any atom is 0.246 e. The molecule has 1 aliphatic rings. The van der Waals surface area contributed by atoms with Gasteiger partial charge >= 0.3 is 0 Å². The zero-order valence-electron chi connectivity index (χ0n) is 12.3. The molecule has 0 aromatic heterocycles. The third-order valence-electron chi connectivity index (χ3n) is 4.21. The molecule has 0 aliphatic heterocycles. The van der Waals surface area contributed by atoms with Crippen molar-refractivity contribution in [3.05, 3.63) is 12.7 Å². The van der Waals surface area contributed by atoms with Crippen LogP contribution in [0.3, 0.4) is 0 Å². The molecule has 0 aromatic carbocycles. The van der Waals surface area contributed by atoms with Crippen molar-refractivity contribution in [3.63, 3.8) is 0 Å². The molecule has 1 rings (SSSR count). The van der Waals surface area contributed by atoms with Crippen LogP contribution in [0.2, 0.25) is 0 Å². The van der Waals surface area contributed by atoms with E-state index in [0.717, 1.165) is 19.3 Å². The third kappa shape index (κ3) is 3.37. The molecule has 0 heterocycles. The molecule has 0 spiro atoms. The van der Waals surface area contributed by atoms with Gasteiger partial charge in [-0.1, -0.05) is 26.3 Å². The van der Waals surface area contributed by atoms with Crippen LogP contribution in [-0.2, 0) is 9.59 Å². The molecule has 1 saturated carbocycles. The van der Waals surface area contributed by atoms with Crippen molar-refractivity contribution >= 4 is 11.8 Å². The predicted molar refractivity (Wildman–Crippen MR) is 76.6 cm³/mol. The van der Waals surface area contributed by atoms with Crippen LogP contribution in [0.25, 0.3) is 0 Å². The number of allylic oxidation sites excluding steroid dienone is 1. The van der Waals surface area contributed by atoms with Crippen LogP contribution < -0.4 is 10.6 Å². The number of unbranched alkanes of at least 4 members (excludes halogenated alkanes) is 1. The van der Waals surface area contributed by atoms with E-state index in [4.69, 9.17) is 0 Å². The largest absolute Gasteiger partial charge is 0.354 e. The minimum Gasteiger partial charge on any atom is -0.354 e. The first-order valence-corrected chi connectivity index (χ1v) is 7.17. The Labute approximate surface area is 116 Å². The normalized spacial score (nSPS) is 29.8. The number of amides is 2. The summed E-state index contributed by atoms with van der Waals surface area (Å²) in [6, 6.07) is 0. The van der Waals surface area contributed by atoms with E-state index in [1.807, 2.05) is 13.0 Å². The Balaban J connectivity index is 2.85. The smallest absolute Gasteiger partial charge is 0.246 e. The van der Waals surface area contributed by atoms with Crippen molar-refractivity contribution in [2.75, 3.05) is 6.54 Å². The van der Waals surface area contributed by atoms with Gasteiger partial charge in [-0.15, -0.1) is 6.58 Å². The molecule has 0 saturated heterocycles. The SMILES string of the molecule is C=C[C@@H]1CCC(NC(C)=O)(C(=O)NCCCC)[C@H]1C. The Kier molecular flexibility index (Phi) is 5.58. The Bertz CT molecular complexity index is 354. The van der Waals surface area contributed by atoms with Crippen molar-refractivity contribution < 1.29 is 9.59 Å². The van der Waals surface area contributed by atoms with Crippen LogP contribution >= 0.6 is 0 Å². The summed E-state index contributed by atoms with van der Waals surface area (Å²) in [5.41, 5.74) is -0.765. The first-order chi connectivity index (χ1) is 8.97. The molecule has 19 heavy (non-hydrogen) atoms. The lowest BCUT2D eigenvalue weighted by molar-refractivity contribution is -0.134. The lowest BCUT2D eigenvalue weighted by Crippen LogP contribution is -2.60. The standard InChI is InChI=1S/C15H26N2O2/c1-5-7-10-16-14(19)15(17-12(4)18)9-8-13(6-2)11(15)3/h6,11,13H,2,5,7-10H2,1,3-4H3,(H,16,19)(H,17,18)/t11-,13+,15?/m0/s1. The minimum atomic E-state index is -0.765. The first-order valence-electron chi connectivity index (χ1n) is 7.17. The number of nitrogens with one attached hydrogen (secondary N) is 2. The fourth-order valence-corrected chi connectivity index (χ4v) is 2.96. The topological polar surface area (TPSA) is 58.2 Å². The Hall–Kier alpha value is -1.32. The highest BCUT2D eigenvalue weighted by Crippen LogP contribution is 2.41. The quantitative estimate of drug-likeness (QED) is 0.571. The Morgan fingerprint density at radius 3 is 2.63 bits per heavy atom. The summed E-state index contributed by atoms with van der Waals surface area (Å²) in [6.45, 7) is 10.1. The molecule has 0 radical (unpaired) electrons. The van der Waals surface area contributed by atoms with Gasteiger partial charge in [-0.3, -0.25) is 9.59 Å². The van der Waals surface area contributed by atoms with Crippen molar-refractivity contribution in [2.45, 2.75) is 52.0 Å². The van der Waals surface area contributed by atoms with Crippen LogP contribution in [0.5, 0.6) is 0 Å². The maximum atomic E-state index is 12.5. The van der Waals surface area contributed by atoms with E-state index in [9.17, 15) is 9.59 Å². The highest BCUT2D eigenvalue weighted by Gasteiger charge is 2.50. The summed E-state index contributed by atoms with van der Waals surface area (Å²) >= 11 is 0. The molecular formula is C15H26N2O2. The second kappa shape index (κ2) is 6.73. The van der Waals surface area contributed by atoms with Crippen LogP contribution in [0, 0.1) is 11.8 Å². The Morgan fingerprint density at radius 1 is 1.47 bits per heavy atom. The molecule has 3 atom stereocenters. The van der Waals surface area contributed by atoms with Crippen molar-refractivity contribution in [1.29, 1.82) is 0 Å². The third-order valence-corrected chi connectivity index (χ3v) is 4.21. The summed E-state index contributed by atoms with van der Waals surface area (Å²) in [5.74, 6) is 0.162. The fraction of sp³-hybridized carbons (Fsp3) is 0.733. The van der Waals surface area contributed by atoms with Gasteiger partial charge in [-0.05, 0) is 31.1 Å². The molecule has 1 fully saturated rings.